The van der Waals surface area contributed by atoms with Crippen molar-refractivity contribution in [1.82, 2.24) is 10.6 Å². The number of hydrogen-bond donors (Lipinski definition) is 3. The van der Waals surface area contributed by atoms with Gasteiger partial charge in [0.25, 0.3) is 0 Å². The van der Waals surface area contributed by atoms with Crippen LogP contribution in [0.25, 0.3) is 0 Å². The van der Waals surface area contributed by atoms with Gasteiger partial charge in [-0.3, -0.25) is 4.79 Å². The molecule has 0 saturated carbocycles. The molecule has 0 unspecified atom stereocenters. The molecule has 0 radical (unpaired) electrons. The molecule has 162 valence electrons. The van der Waals surface area contributed by atoms with Crippen molar-refractivity contribution in [2.24, 2.45) is 10.4 Å². The van der Waals surface area contributed by atoms with Crippen molar-refractivity contribution in [2.45, 2.75) is 65.8 Å². The Morgan fingerprint density at radius 2 is 1.86 bits per heavy atom. The highest BCUT2D eigenvalue weighted by Crippen LogP contribution is 2.29. The highest BCUT2D eigenvalue weighted by Gasteiger charge is 2.25. The zero-order valence-electron chi connectivity index (χ0n) is 18.3. The van der Waals surface area contributed by atoms with E-state index in [2.05, 4.69) is 43.5 Å². The van der Waals surface area contributed by atoms with E-state index in [4.69, 9.17) is 4.99 Å². The molecule has 1 aromatic rings. The minimum Gasteiger partial charge on any atom is -0.396 e. The van der Waals surface area contributed by atoms with Crippen LogP contribution in [0.4, 0.5) is 5.69 Å². The van der Waals surface area contributed by atoms with Gasteiger partial charge < -0.3 is 20.6 Å². The van der Waals surface area contributed by atoms with E-state index in [-0.39, 0.29) is 17.9 Å². The van der Waals surface area contributed by atoms with Gasteiger partial charge in [0.1, 0.15) is 0 Å². The fourth-order valence-corrected chi connectivity index (χ4v) is 3.82. The molecule has 1 fully saturated rings. The van der Waals surface area contributed by atoms with Crippen LogP contribution < -0.4 is 15.5 Å². The molecule has 1 saturated heterocycles. The largest absolute Gasteiger partial charge is 0.396 e. The van der Waals surface area contributed by atoms with E-state index in [9.17, 15) is 9.90 Å². The minimum atomic E-state index is 0.0908. The van der Waals surface area contributed by atoms with Gasteiger partial charge in [0, 0.05) is 38.3 Å². The lowest BCUT2D eigenvalue weighted by Crippen LogP contribution is -2.43. The lowest BCUT2D eigenvalue weighted by molar-refractivity contribution is -0.119. The molecule has 1 heterocycles. The molecule has 6 heteroatoms. The van der Waals surface area contributed by atoms with Gasteiger partial charge in [-0.1, -0.05) is 26.0 Å². The summed E-state index contributed by atoms with van der Waals surface area (Å²) < 4.78 is 0. The van der Waals surface area contributed by atoms with Gasteiger partial charge in [0.15, 0.2) is 5.96 Å². The number of carbonyl (C=O) groups is 1. The first-order valence-corrected chi connectivity index (χ1v) is 11.1. The summed E-state index contributed by atoms with van der Waals surface area (Å²) in [5, 5.41) is 16.2. The summed E-state index contributed by atoms with van der Waals surface area (Å²) in [6.45, 7) is 9.61. The SMILES string of the molecule is CCNC(=NCc1ccc(N2CCCCC2=O)cc1)NCC(CC)(CC)CCO. The number of aliphatic hydroxyl groups is 1. The number of aliphatic hydroxyl groups excluding tert-OH is 1. The van der Waals surface area contributed by atoms with Crippen LogP contribution in [0.5, 0.6) is 0 Å². The number of amides is 1. The average Bonchev–Trinajstić information content (AvgIpc) is 2.75. The van der Waals surface area contributed by atoms with Crippen molar-refractivity contribution in [3.8, 4) is 0 Å². The molecule has 0 spiro atoms. The Labute approximate surface area is 175 Å². The summed E-state index contributed by atoms with van der Waals surface area (Å²) in [4.78, 5) is 18.7. The second kappa shape index (κ2) is 11.8. The first-order valence-electron chi connectivity index (χ1n) is 11.1. The number of guanidine groups is 1. The minimum absolute atomic E-state index is 0.0908. The van der Waals surface area contributed by atoms with Crippen molar-refractivity contribution in [3.63, 3.8) is 0 Å². The van der Waals surface area contributed by atoms with Gasteiger partial charge in [-0.05, 0) is 62.1 Å². The molecule has 2 rings (SSSR count). The number of nitrogens with one attached hydrogen (secondary N) is 2. The van der Waals surface area contributed by atoms with Crippen LogP contribution in [0.15, 0.2) is 29.3 Å². The Bertz CT molecular complexity index is 653. The molecule has 1 aliphatic rings. The number of benzene rings is 1. The predicted molar refractivity (Wildman–Crippen MR) is 120 cm³/mol. The van der Waals surface area contributed by atoms with E-state index in [1.807, 2.05) is 17.0 Å². The summed E-state index contributed by atoms with van der Waals surface area (Å²) in [6.07, 6.45) is 5.56. The monoisotopic (exact) mass is 402 g/mol. The van der Waals surface area contributed by atoms with E-state index in [0.29, 0.717) is 13.0 Å². The van der Waals surface area contributed by atoms with Gasteiger partial charge in [0.2, 0.25) is 5.91 Å². The highest BCUT2D eigenvalue weighted by atomic mass is 16.3. The molecular formula is C23H38N4O2. The summed E-state index contributed by atoms with van der Waals surface area (Å²) in [5.41, 5.74) is 2.18. The van der Waals surface area contributed by atoms with Crippen LogP contribution in [0, 0.1) is 5.41 Å². The molecule has 3 N–H and O–H groups in total. The van der Waals surface area contributed by atoms with Crippen molar-refractivity contribution in [1.29, 1.82) is 0 Å². The fraction of sp³-hybridized carbons (Fsp3) is 0.652. The first kappa shape index (κ1) is 23.2. The molecule has 6 nitrogen and oxygen atoms in total. The number of piperidine rings is 1. The number of rotatable bonds is 10. The fourth-order valence-electron chi connectivity index (χ4n) is 3.82. The second-order valence-corrected chi connectivity index (χ2v) is 7.90. The van der Waals surface area contributed by atoms with Crippen LogP contribution in [-0.2, 0) is 11.3 Å². The first-order chi connectivity index (χ1) is 14.1. The molecule has 0 aliphatic carbocycles. The molecule has 1 aliphatic heterocycles. The van der Waals surface area contributed by atoms with Crippen LogP contribution in [0.2, 0.25) is 0 Å². The third kappa shape index (κ3) is 6.74. The molecule has 0 atom stereocenters. The summed E-state index contributed by atoms with van der Waals surface area (Å²) in [5.74, 6) is 1.02. The lowest BCUT2D eigenvalue weighted by Gasteiger charge is -2.32. The van der Waals surface area contributed by atoms with E-state index in [0.717, 1.165) is 68.9 Å². The summed E-state index contributed by atoms with van der Waals surface area (Å²) >= 11 is 0. The van der Waals surface area contributed by atoms with Crippen LogP contribution >= 0.6 is 0 Å². The third-order valence-electron chi connectivity index (χ3n) is 6.11. The maximum Gasteiger partial charge on any atom is 0.226 e. The van der Waals surface area contributed by atoms with Gasteiger partial charge in [-0.25, -0.2) is 4.99 Å². The van der Waals surface area contributed by atoms with Gasteiger partial charge in [0.05, 0.1) is 6.54 Å². The van der Waals surface area contributed by atoms with Crippen LogP contribution in [0.1, 0.15) is 64.9 Å². The topological polar surface area (TPSA) is 77.0 Å². The number of anilines is 1. The summed E-state index contributed by atoms with van der Waals surface area (Å²) in [7, 11) is 0. The third-order valence-corrected chi connectivity index (χ3v) is 6.11. The zero-order chi connectivity index (χ0) is 21.1. The van der Waals surface area contributed by atoms with E-state index < -0.39 is 0 Å². The summed E-state index contributed by atoms with van der Waals surface area (Å²) in [6, 6.07) is 8.15. The maximum atomic E-state index is 12.1. The van der Waals surface area contributed by atoms with E-state index in [1.165, 1.54) is 0 Å². The number of carbonyl (C=O) groups excluding carboxylic acids is 1. The van der Waals surface area contributed by atoms with Crippen LogP contribution in [-0.4, -0.2) is 43.2 Å². The molecule has 1 amide bonds. The lowest BCUT2D eigenvalue weighted by atomic mass is 9.79. The standard InChI is InChI=1S/C23H38N4O2/c1-4-23(5-2,14-16-28)18-26-22(24-6-3)25-17-19-10-12-20(13-11-19)27-15-8-7-9-21(27)29/h10-13,28H,4-9,14-18H2,1-3H3,(H2,24,25,26). The highest BCUT2D eigenvalue weighted by molar-refractivity contribution is 5.93. The Hall–Kier alpha value is -2.08. The Balaban J connectivity index is 1.99. The Morgan fingerprint density at radius 1 is 1.14 bits per heavy atom. The maximum absolute atomic E-state index is 12.1. The normalized spacial score (nSPS) is 15.5. The predicted octanol–water partition coefficient (Wildman–Crippen LogP) is 3.45. The molecule has 0 aromatic heterocycles. The van der Waals surface area contributed by atoms with Crippen LogP contribution in [0.3, 0.4) is 0 Å². The quantitative estimate of drug-likeness (QED) is 0.414. The number of nitrogens with zero attached hydrogens (tertiary/aromatic N) is 2. The Morgan fingerprint density at radius 3 is 2.45 bits per heavy atom. The van der Waals surface area contributed by atoms with Crippen molar-refractivity contribution >= 4 is 17.6 Å². The van der Waals surface area contributed by atoms with Gasteiger partial charge in [-0.2, -0.15) is 0 Å². The zero-order valence-corrected chi connectivity index (χ0v) is 18.3. The smallest absolute Gasteiger partial charge is 0.226 e. The molecular weight excluding hydrogens is 364 g/mol. The number of aliphatic imine (C=N–C) groups is 1. The van der Waals surface area contributed by atoms with Crippen molar-refractivity contribution < 1.29 is 9.90 Å². The van der Waals surface area contributed by atoms with Crippen molar-refractivity contribution in [2.75, 3.05) is 31.1 Å². The molecule has 0 bridgehead atoms. The van der Waals surface area contributed by atoms with E-state index in [1.54, 1.807) is 0 Å². The average molecular weight is 403 g/mol. The molecule has 29 heavy (non-hydrogen) atoms. The Kier molecular flexibility index (Phi) is 9.45. The second-order valence-electron chi connectivity index (χ2n) is 7.90. The van der Waals surface area contributed by atoms with Gasteiger partial charge >= 0.3 is 0 Å². The van der Waals surface area contributed by atoms with E-state index >= 15 is 0 Å². The molecule has 1 aromatic carbocycles. The van der Waals surface area contributed by atoms with Gasteiger partial charge in [-0.15, -0.1) is 0 Å². The van der Waals surface area contributed by atoms with Crippen molar-refractivity contribution in [3.05, 3.63) is 29.8 Å². The number of hydrogen-bond acceptors (Lipinski definition) is 3.